The number of hydrogen-bond acceptors (Lipinski definition) is 4. The van der Waals surface area contributed by atoms with Crippen molar-refractivity contribution in [2.75, 3.05) is 12.9 Å². The Hall–Kier alpha value is -1.50. The highest BCUT2D eigenvalue weighted by Crippen LogP contribution is 2.16. The number of carbonyl (C=O) groups excluding carboxylic acids is 1. The lowest BCUT2D eigenvalue weighted by atomic mass is 10.2. The Kier molecular flexibility index (Phi) is 4.99. The highest BCUT2D eigenvalue weighted by molar-refractivity contribution is 7.90. The van der Waals surface area contributed by atoms with Gasteiger partial charge in [-0.05, 0) is 6.07 Å². The number of esters is 1. The molecule has 0 heterocycles. The molecule has 4 nitrogen and oxygen atoms in total. The van der Waals surface area contributed by atoms with E-state index < -0.39 is 44.9 Å². The van der Waals surface area contributed by atoms with E-state index in [0.29, 0.717) is 0 Å². The van der Waals surface area contributed by atoms with Gasteiger partial charge in [0.25, 0.3) is 0 Å². The fourth-order valence-corrected chi connectivity index (χ4v) is 3.32. The van der Waals surface area contributed by atoms with Gasteiger partial charge in [-0.2, -0.15) is 0 Å². The molecule has 1 atom stereocenters. The summed E-state index contributed by atoms with van der Waals surface area (Å²) in [5.74, 6) is -4.94. The van der Waals surface area contributed by atoms with Gasteiger partial charge in [-0.25, -0.2) is 17.2 Å². The van der Waals surface area contributed by atoms with Crippen LogP contribution in [0.1, 0.15) is 12.5 Å². The monoisotopic (exact) mass is 292 g/mol. The van der Waals surface area contributed by atoms with E-state index in [4.69, 9.17) is 0 Å². The minimum atomic E-state index is -3.74. The predicted octanol–water partition coefficient (Wildman–Crippen LogP) is 1.69. The van der Waals surface area contributed by atoms with Gasteiger partial charge in [0.15, 0.2) is 21.5 Å². The van der Waals surface area contributed by atoms with Crippen LogP contribution < -0.4 is 0 Å². The Balaban J connectivity index is 2.86. The number of carbonyl (C=O) groups is 1. The molecule has 0 aliphatic carbocycles. The lowest BCUT2D eigenvalue weighted by Gasteiger charge is -2.10. The number of halogens is 2. The van der Waals surface area contributed by atoms with Gasteiger partial charge < -0.3 is 4.74 Å². The van der Waals surface area contributed by atoms with E-state index in [1.807, 2.05) is 0 Å². The fourth-order valence-electron chi connectivity index (χ4n) is 1.61. The molecule has 7 heteroatoms. The fraction of sp³-hybridized carbons (Fsp3) is 0.417. The molecule has 1 unspecified atom stereocenters. The highest BCUT2D eigenvalue weighted by atomic mass is 32.2. The van der Waals surface area contributed by atoms with E-state index in [1.165, 1.54) is 19.1 Å². The van der Waals surface area contributed by atoms with E-state index in [1.54, 1.807) is 0 Å². The van der Waals surface area contributed by atoms with Crippen molar-refractivity contribution in [3.05, 3.63) is 35.4 Å². The van der Waals surface area contributed by atoms with Crippen molar-refractivity contribution in [2.24, 2.45) is 5.92 Å². The second-order valence-corrected chi connectivity index (χ2v) is 6.30. The van der Waals surface area contributed by atoms with Crippen LogP contribution in [-0.4, -0.2) is 27.2 Å². The molecule has 0 radical (unpaired) electrons. The summed E-state index contributed by atoms with van der Waals surface area (Å²) in [5.41, 5.74) is -0.253. The van der Waals surface area contributed by atoms with Crippen molar-refractivity contribution in [2.45, 2.75) is 12.7 Å². The number of methoxy groups -OCH3 is 1. The molecule has 0 saturated carbocycles. The van der Waals surface area contributed by atoms with Crippen LogP contribution in [0, 0.1) is 17.6 Å². The summed E-state index contributed by atoms with van der Waals surface area (Å²) in [5, 5.41) is 0. The SMILES string of the molecule is COC(=O)C(C)CS(=O)(=O)Cc1cccc(F)c1F. The summed E-state index contributed by atoms with van der Waals surface area (Å²) >= 11 is 0. The van der Waals surface area contributed by atoms with Crippen LogP contribution in [0.2, 0.25) is 0 Å². The summed E-state index contributed by atoms with van der Waals surface area (Å²) in [7, 11) is -2.59. The van der Waals surface area contributed by atoms with Crippen molar-refractivity contribution >= 4 is 15.8 Å². The standard InChI is InChI=1S/C12H14F2O4S/c1-8(12(15)18-2)6-19(16,17)7-9-4-3-5-10(13)11(9)14/h3-5,8H,6-7H2,1-2H3. The summed E-state index contributed by atoms with van der Waals surface area (Å²) in [6.45, 7) is 1.39. The third-order valence-electron chi connectivity index (χ3n) is 2.51. The van der Waals surface area contributed by atoms with Gasteiger partial charge in [-0.1, -0.05) is 19.1 Å². The average molecular weight is 292 g/mol. The van der Waals surface area contributed by atoms with Crippen molar-refractivity contribution in [3.63, 3.8) is 0 Å². The summed E-state index contributed by atoms with van der Waals surface area (Å²) in [6, 6.07) is 3.33. The van der Waals surface area contributed by atoms with Crippen LogP contribution in [0.4, 0.5) is 8.78 Å². The van der Waals surface area contributed by atoms with Crippen LogP contribution in [-0.2, 0) is 25.1 Å². The molecule has 0 amide bonds. The third kappa shape index (κ3) is 4.27. The molecule has 0 aliphatic rings. The molecule has 1 aromatic rings. The van der Waals surface area contributed by atoms with Crippen molar-refractivity contribution in [1.29, 1.82) is 0 Å². The predicted molar refractivity (Wildman–Crippen MR) is 65.0 cm³/mol. The number of ether oxygens (including phenoxy) is 1. The van der Waals surface area contributed by atoms with Gasteiger partial charge in [0.2, 0.25) is 0 Å². The average Bonchev–Trinajstić information content (AvgIpc) is 2.33. The van der Waals surface area contributed by atoms with Crippen LogP contribution in [0.25, 0.3) is 0 Å². The van der Waals surface area contributed by atoms with E-state index in [9.17, 15) is 22.0 Å². The van der Waals surface area contributed by atoms with E-state index in [0.717, 1.165) is 13.2 Å². The number of sulfone groups is 1. The Morgan fingerprint density at radius 1 is 1.37 bits per heavy atom. The van der Waals surface area contributed by atoms with Crippen LogP contribution >= 0.6 is 0 Å². The van der Waals surface area contributed by atoms with Gasteiger partial charge in [0.1, 0.15) is 0 Å². The number of benzene rings is 1. The smallest absolute Gasteiger partial charge is 0.309 e. The number of hydrogen-bond donors (Lipinski definition) is 0. The summed E-state index contributed by atoms with van der Waals surface area (Å²) in [6.07, 6.45) is 0. The lowest BCUT2D eigenvalue weighted by molar-refractivity contribution is -0.144. The first kappa shape index (κ1) is 15.6. The Bertz CT molecular complexity index is 569. The molecule has 0 spiro atoms. The van der Waals surface area contributed by atoms with Gasteiger partial charge >= 0.3 is 5.97 Å². The molecule has 1 aromatic carbocycles. The molecule has 0 N–H and O–H groups in total. The molecular formula is C12H14F2O4S. The summed E-state index contributed by atoms with van der Waals surface area (Å²) in [4.78, 5) is 11.1. The van der Waals surface area contributed by atoms with E-state index in [2.05, 4.69) is 4.74 Å². The van der Waals surface area contributed by atoms with Crippen molar-refractivity contribution in [3.8, 4) is 0 Å². The molecule has 1 rings (SSSR count). The first-order valence-electron chi connectivity index (χ1n) is 5.48. The quantitative estimate of drug-likeness (QED) is 0.775. The van der Waals surface area contributed by atoms with Crippen molar-refractivity contribution < 1.29 is 26.7 Å². The maximum atomic E-state index is 13.4. The Morgan fingerprint density at radius 2 is 2.00 bits per heavy atom. The van der Waals surface area contributed by atoms with Crippen LogP contribution in [0.5, 0.6) is 0 Å². The van der Waals surface area contributed by atoms with Crippen molar-refractivity contribution in [1.82, 2.24) is 0 Å². The first-order chi connectivity index (χ1) is 8.76. The highest BCUT2D eigenvalue weighted by Gasteiger charge is 2.24. The normalized spacial score (nSPS) is 13.1. The van der Waals surface area contributed by atoms with Gasteiger partial charge in [-0.15, -0.1) is 0 Å². The molecule has 0 aromatic heterocycles. The minimum Gasteiger partial charge on any atom is -0.469 e. The molecule has 0 aliphatic heterocycles. The zero-order chi connectivity index (χ0) is 14.6. The topological polar surface area (TPSA) is 60.4 Å². The van der Waals surface area contributed by atoms with Gasteiger partial charge in [-0.3, -0.25) is 4.79 Å². The molecule has 0 fully saturated rings. The zero-order valence-electron chi connectivity index (χ0n) is 10.5. The number of rotatable bonds is 5. The Labute approximate surface area is 110 Å². The second-order valence-electron chi connectivity index (χ2n) is 4.19. The molecule has 0 saturated heterocycles. The van der Waals surface area contributed by atoms with Gasteiger partial charge in [0, 0.05) is 5.56 Å². The largest absolute Gasteiger partial charge is 0.469 e. The maximum absolute atomic E-state index is 13.4. The maximum Gasteiger partial charge on any atom is 0.309 e. The second kappa shape index (κ2) is 6.10. The van der Waals surface area contributed by atoms with E-state index in [-0.39, 0.29) is 5.56 Å². The molecule has 19 heavy (non-hydrogen) atoms. The zero-order valence-corrected chi connectivity index (χ0v) is 11.3. The van der Waals surface area contributed by atoms with Crippen LogP contribution in [0.15, 0.2) is 18.2 Å². The van der Waals surface area contributed by atoms with E-state index >= 15 is 0 Å². The molecule has 0 bridgehead atoms. The lowest BCUT2D eigenvalue weighted by Crippen LogP contribution is -2.23. The minimum absolute atomic E-state index is 0.253. The molecular weight excluding hydrogens is 278 g/mol. The van der Waals surface area contributed by atoms with Gasteiger partial charge in [0.05, 0.1) is 24.5 Å². The molecule has 106 valence electrons. The third-order valence-corrected chi connectivity index (χ3v) is 4.27. The first-order valence-corrected chi connectivity index (χ1v) is 7.30. The van der Waals surface area contributed by atoms with Crippen LogP contribution in [0.3, 0.4) is 0 Å². The Morgan fingerprint density at radius 3 is 2.58 bits per heavy atom. The summed E-state index contributed by atoms with van der Waals surface area (Å²) < 4.78 is 54.3.